The molecule has 0 unspecified atom stereocenters. The number of hydrogen-bond donors (Lipinski definition) is 2. The Balaban J connectivity index is 0.00000220. The average molecular weight is 365 g/mol. The molecule has 0 atom stereocenters. The van der Waals surface area contributed by atoms with Crippen LogP contribution in [0.2, 0.25) is 0 Å². The van der Waals surface area contributed by atoms with Gasteiger partial charge in [0.25, 0.3) is 0 Å². The summed E-state index contributed by atoms with van der Waals surface area (Å²) in [6, 6.07) is 6.65. The van der Waals surface area contributed by atoms with Crippen molar-refractivity contribution in [2.45, 2.75) is 24.0 Å². The van der Waals surface area contributed by atoms with E-state index in [1.54, 1.807) is 38.1 Å². The van der Waals surface area contributed by atoms with Crippen molar-refractivity contribution in [1.82, 2.24) is 9.97 Å². The number of halogens is 2. The molecule has 1 aromatic carbocycles. The van der Waals surface area contributed by atoms with Crippen molar-refractivity contribution in [2.24, 2.45) is 0 Å². The second kappa shape index (κ2) is 7.62. The lowest BCUT2D eigenvalue weighted by Crippen LogP contribution is -2.15. The van der Waals surface area contributed by atoms with E-state index in [2.05, 4.69) is 9.97 Å². The number of nitrogen functional groups attached to an aromatic ring is 2. The van der Waals surface area contributed by atoms with Gasteiger partial charge in [0.15, 0.2) is 9.84 Å². The Kier molecular flexibility index (Phi) is 7.08. The second-order valence-electron chi connectivity index (χ2n) is 4.62. The molecule has 4 N–H and O–H groups in total. The van der Waals surface area contributed by atoms with Crippen molar-refractivity contribution in [3.8, 4) is 11.1 Å². The summed E-state index contributed by atoms with van der Waals surface area (Å²) in [6.45, 7) is 3.27. The summed E-state index contributed by atoms with van der Waals surface area (Å²) in [7, 11) is -3.42. The number of hydrogen-bond acceptors (Lipinski definition) is 6. The zero-order chi connectivity index (χ0) is 14.9. The Hall–Kier alpha value is -1.57. The van der Waals surface area contributed by atoms with Gasteiger partial charge in [0.1, 0.15) is 5.82 Å². The molecule has 0 aliphatic heterocycles. The van der Waals surface area contributed by atoms with Crippen LogP contribution in [0, 0.1) is 0 Å². The van der Waals surface area contributed by atoms with Crippen LogP contribution in [-0.2, 0) is 9.84 Å². The molecule has 22 heavy (non-hydrogen) atoms. The van der Waals surface area contributed by atoms with Gasteiger partial charge in [0.05, 0.1) is 10.1 Å². The summed E-state index contributed by atoms with van der Waals surface area (Å²) in [6.07, 6.45) is 1.44. The molecule has 0 aliphatic carbocycles. The van der Waals surface area contributed by atoms with Crippen molar-refractivity contribution in [3.05, 3.63) is 30.5 Å². The predicted molar refractivity (Wildman–Crippen MR) is 93.1 cm³/mol. The first-order valence-electron chi connectivity index (χ1n) is 6.05. The van der Waals surface area contributed by atoms with E-state index < -0.39 is 15.1 Å². The number of anilines is 2. The van der Waals surface area contributed by atoms with E-state index in [1.165, 1.54) is 6.20 Å². The van der Waals surface area contributed by atoms with Crippen LogP contribution < -0.4 is 11.5 Å². The SMILES string of the molecule is CC(C)S(=O)(=O)c1ccccc1-c1cnc(N)nc1N.Cl.Cl. The van der Waals surface area contributed by atoms with Gasteiger partial charge in [-0.1, -0.05) is 18.2 Å². The van der Waals surface area contributed by atoms with Crippen LogP contribution in [-0.4, -0.2) is 23.6 Å². The molecule has 0 aliphatic rings. The monoisotopic (exact) mass is 364 g/mol. The van der Waals surface area contributed by atoms with Gasteiger partial charge in [-0.3, -0.25) is 0 Å². The molecule has 2 aromatic rings. The molecule has 2 rings (SSSR count). The lowest BCUT2D eigenvalue weighted by atomic mass is 10.1. The third kappa shape index (κ3) is 3.79. The summed E-state index contributed by atoms with van der Waals surface area (Å²) in [5.41, 5.74) is 12.2. The molecule has 1 heterocycles. The minimum Gasteiger partial charge on any atom is -0.383 e. The van der Waals surface area contributed by atoms with Crippen LogP contribution in [0.15, 0.2) is 35.4 Å². The van der Waals surface area contributed by atoms with Gasteiger partial charge in [-0.15, -0.1) is 24.8 Å². The van der Waals surface area contributed by atoms with E-state index in [0.29, 0.717) is 11.1 Å². The molecule has 122 valence electrons. The second-order valence-corrected chi connectivity index (χ2v) is 7.09. The normalized spacial score (nSPS) is 10.7. The highest BCUT2D eigenvalue weighted by Gasteiger charge is 2.24. The summed E-state index contributed by atoms with van der Waals surface area (Å²) < 4.78 is 24.8. The van der Waals surface area contributed by atoms with E-state index >= 15 is 0 Å². The van der Waals surface area contributed by atoms with Crippen molar-refractivity contribution < 1.29 is 8.42 Å². The predicted octanol–water partition coefficient (Wildman–Crippen LogP) is 2.33. The Bertz CT molecular complexity index is 751. The van der Waals surface area contributed by atoms with Crippen LogP contribution in [0.1, 0.15) is 13.8 Å². The maximum Gasteiger partial charge on any atom is 0.221 e. The van der Waals surface area contributed by atoms with Crippen molar-refractivity contribution in [3.63, 3.8) is 0 Å². The van der Waals surface area contributed by atoms with E-state index in [-0.39, 0.29) is 41.5 Å². The van der Waals surface area contributed by atoms with Gasteiger partial charge in [-0.25, -0.2) is 13.4 Å². The van der Waals surface area contributed by atoms with Gasteiger partial charge in [-0.05, 0) is 19.9 Å². The Morgan fingerprint density at radius 2 is 1.64 bits per heavy atom. The molecule has 0 amide bonds. The fraction of sp³-hybridized carbons (Fsp3) is 0.231. The Morgan fingerprint density at radius 1 is 1.05 bits per heavy atom. The number of sulfone groups is 1. The minimum atomic E-state index is -3.42. The van der Waals surface area contributed by atoms with Gasteiger partial charge < -0.3 is 11.5 Å². The number of benzene rings is 1. The highest BCUT2D eigenvalue weighted by atomic mass is 35.5. The highest BCUT2D eigenvalue weighted by molar-refractivity contribution is 7.92. The third-order valence-corrected chi connectivity index (χ3v) is 5.15. The molecule has 1 aromatic heterocycles. The maximum atomic E-state index is 12.4. The summed E-state index contributed by atoms with van der Waals surface area (Å²) in [5.74, 6) is 0.208. The Labute approximate surface area is 142 Å². The molecule has 6 nitrogen and oxygen atoms in total. The van der Waals surface area contributed by atoms with Gasteiger partial charge in [0, 0.05) is 17.3 Å². The molecular formula is C13H18Cl2N4O2S. The molecule has 0 bridgehead atoms. The standard InChI is InChI=1S/C13H16N4O2S.2ClH/c1-8(2)20(18,19)11-6-4-3-5-9(11)10-7-16-13(15)17-12(10)14;;/h3-8H,1-2H3,(H4,14,15,16,17);2*1H. The lowest BCUT2D eigenvalue weighted by molar-refractivity contribution is 0.587. The number of nitrogens with two attached hydrogens (primary N) is 2. The van der Waals surface area contributed by atoms with E-state index in [9.17, 15) is 8.42 Å². The molecule has 0 spiro atoms. The van der Waals surface area contributed by atoms with E-state index in [1.807, 2.05) is 0 Å². The molecule has 0 fully saturated rings. The summed E-state index contributed by atoms with van der Waals surface area (Å²) >= 11 is 0. The zero-order valence-electron chi connectivity index (χ0n) is 12.1. The van der Waals surface area contributed by atoms with Crippen LogP contribution in [0.3, 0.4) is 0 Å². The molecule has 0 saturated heterocycles. The first-order valence-corrected chi connectivity index (χ1v) is 7.60. The summed E-state index contributed by atoms with van der Waals surface area (Å²) in [4.78, 5) is 7.96. The quantitative estimate of drug-likeness (QED) is 0.863. The van der Waals surface area contributed by atoms with Crippen LogP contribution >= 0.6 is 24.8 Å². The highest BCUT2D eigenvalue weighted by Crippen LogP contribution is 2.32. The largest absolute Gasteiger partial charge is 0.383 e. The zero-order valence-corrected chi connectivity index (χ0v) is 14.5. The number of rotatable bonds is 3. The van der Waals surface area contributed by atoms with E-state index in [0.717, 1.165) is 0 Å². The first-order chi connectivity index (χ1) is 9.34. The molecular weight excluding hydrogens is 347 g/mol. The fourth-order valence-corrected chi connectivity index (χ4v) is 3.07. The van der Waals surface area contributed by atoms with E-state index in [4.69, 9.17) is 11.5 Å². The Morgan fingerprint density at radius 3 is 2.18 bits per heavy atom. The fourth-order valence-electron chi connectivity index (χ4n) is 1.81. The topological polar surface area (TPSA) is 112 Å². The lowest BCUT2D eigenvalue weighted by Gasteiger charge is -2.13. The first kappa shape index (κ1) is 20.4. The van der Waals surface area contributed by atoms with Crippen LogP contribution in [0.25, 0.3) is 11.1 Å². The maximum absolute atomic E-state index is 12.4. The van der Waals surface area contributed by atoms with Crippen molar-refractivity contribution >= 4 is 46.4 Å². The number of nitrogens with zero attached hydrogens (tertiary/aromatic N) is 2. The van der Waals surface area contributed by atoms with Crippen LogP contribution in [0.4, 0.5) is 11.8 Å². The van der Waals surface area contributed by atoms with Gasteiger partial charge in [-0.2, -0.15) is 4.98 Å². The van der Waals surface area contributed by atoms with Crippen LogP contribution in [0.5, 0.6) is 0 Å². The van der Waals surface area contributed by atoms with Gasteiger partial charge in [0.2, 0.25) is 5.95 Å². The average Bonchev–Trinajstić information content (AvgIpc) is 2.38. The molecule has 0 radical (unpaired) electrons. The minimum absolute atomic E-state index is 0. The molecule has 9 heteroatoms. The van der Waals surface area contributed by atoms with Crippen molar-refractivity contribution in [1.29, 1.82) is 0 Å². The van der Waals surface area contributed by atoms with Crippen molar-refractivity contribution in [2.75, 3.05) is 11.5 Å². The smallest absolute Gasteiger partial charge is 0.221 e. The number of aromatic nitrogens is 2. The molecule has 0 saturated carbocycles. The third-order valence-electron chi connectivity index (χ3n) is 2.94. The van der Waals surface area contributed by atoms with Gasteiger partial charge >= 0.3 is 0 Å². The summed E-state index contributed by atoms with van der Waals surface area (Å²) in [5, 5.41) is -0.528.